The molecule has 0 radical (unpaired) electrons. The van der Waals surface area contributed by atoms with Crippen molar-refractivity contribution in [1.82, 2.24) is 0 Å². The zero-order chi connectivity index (χ0) is 21.3. The summed E-state index contributed by atoms with van der Waals surface area (Å²) in [4.78, 5) is 0. The minimum absolute atomic E-state index is 0.0955. The topological polar surface area (TPSA) is 20.2 Å². The average Bonchev–Trinajstić information content (AvgIpc) is 2.66. The van der Waals surface area contributed by atoms with Crippen LogP contribution in [0.2, 0.25) is 0 Å². The van der Waals surface area contributed by atoms with Crippen LogP contribution in [0.25, 0.3) is 0 Å². The molecule has 1 unspecified atom stereocenters. The van der Waals surface area contributed by atoms with E-state index in [0.717, 1.165) is 12.3 Å². The summed E-state index contributed by atoms with van der Waals surface area (Å²) in [6.45, 7) is 11.0. The van der Waals surface area contributed by atoms with E-state index in [4.69, 9.17) is 5.11 Å². The van der Waals surface area contributed by atoms with E-state index in [1.165, 1.54) is 122 Å². The zero-order valence-electron chi connectivity index (χ0n) is 20.7. The molecule has 0 spiro atoms. The van der Waals surface area contributed by atoms with Crippen molar-refractivity contribution in [3.63, 3.8) is 0 Å². The van der Waals surface area contributed by atoms with Gasteiger partial charge in [0.25, 0.3) is 0 Å². The maximum atomic E-state index is 8.85. The standard InChI is InChI=1S/C19H40.C8H18O/c1-4-5-6-7-8-9-10-11-12-13-14-15-16-17-18-19(2)3;1-3-4-5-6-7-8(2)9/h19H,4-18H2,1-3H3;8-9H,3-7H2,1-2H3. The maximum Gasteiger partial charge on any atom is 0.0512 e. The maximum absolute atomic E-state index is 8.85. The average molecular weight is 399 g/mol. The largest absolute Gasteiger partial charge is 0.393 e. The first-order valence-electron chi connectivity index (χ1n) is 13.2. The third-order valence-electron chi connectivity index (χ3n) is 5.61. The molecule has 172 valence electrons. The van der Waals surface area contributed by atoms with Crippen molar-refractivity contribution >= 4 is 0 Å². The van der Waals surface area contributed by atoms with Crippen molar-refractivity contribution in [2.75, 3.05) is 0 Å². The number of aliphatic hydroxyl groups excluding tert-OH is 1. The van der Waals surface area contributed by atoms with Crippen LogP contribution in [0.15, 0.2) is 0 Å². The van der Waals surface area contributed by atoms with Gasteiger partial charge in [0, 0.05) is 0 Å². The lowest BCUT2D eigenvalue weighted by Gasteiger charge is -2.04. The third kappa shape index (κ3) is 33.5. The van der Waals surface area contributed by atoms with Gasteiger partial charge in [0.1, 0.15) is 0 Å². The normalized spacial score (nSPS) is 12.1. The molecule has 0 aromatic rings. The molecule has 28 heavy (non-hydrogen) atoms. The Morgan fingerprint density at radius 1 is 0.429 bits per heavy atom. The number of hydrogen-bond acceptors (Lipinski definition) is 1. The molecule has 0 aliphatic heterocycles. The molecule has 1 heteroatoms. The monoisotopic (exact) mass is 398 g/mol. The van der Waals surface area contributed by atoms with E-state index in [1.54, 1.807) is 0 Å². The van der Waals surface area contributed by atoms with Gasteiger partial charge in [-0.25, -0.2) is 0 Å². The summed E-state index contributed by atoms with van der Waals surface area (Å²) in [5.74, 6) is 0.900. The van der Waals surface area contributed by atoms with E-state index in [9.17, 15) is 0 Å². The van der Waals surface area contributed by atoms with Crippen molar-refractivity contribution in [2.24, 2.45) is 5.92 Å². The van der Waals surface area contributed by atoms with Crippen molar-refractivity contribution in [2.45, 2.75) is 169 Å². The van der Waals surface area contributed by atoms with E-state index < -0.39 is 0 Å². The van der Waals surface area contributed by atoms with E-state index in [0.29, 0.717) is 0 Å². The fourth-order valence-electron chi connectivity index (χ4n) is 3.61. The minimum Gasteiger partial charge on any atom is -0.393 e. The van der Waals surface area contributed by atoms with Crippen molar-refractivity contribution in [3.05, 3.63) is 0 Å². The summed E-state index contributed by atoms with van der Waals surface area (Å²) in [5.41, 5.74) is 0. The van der Waals surface area contributed by atoms with Gasteiger partial charge < -0.3 is 5.11 Å². The molecule has 1 atom stereocenters. The van der Waals surface area contributed by atoms with E-state index in [-0.39, 0.29) is 6.10 Å². The Labute approximate surface area is 180 Å². The Kier molecular flexibility index (Phi) is 29.0. The molecule has 0 aliphatic rings. The molecular formula is C27H58O. The highest BCUT2D eigenvalue weighted by Gasteiger charge is 1.96. The summed E-state index contributed by atoms with van der Waals surface area (Å²) >= 11 is 0. The zero-order valence-corrected chi connectivity index (χ0v) is 20.7. The lowest BCUT2D eigenvalue weighted by molar-refractivity contribution is 0.180. The Morgan fingerprint density at radius 3 is 1.04 bits per heavy atom. The summed E-state index contributed by atoms with van der Waals surface area (Å²) in [6.07, 6.45) is 27.9. The number of rotatable bonds is 20. The Balaban J connectivity index is 0. The van der Waals surface area contributed by atoms with Gasteiger partial charge in [-0.2, -0.15) is 0 Å². The van der Waals surface area contributed by atoms with E-state index >= 15 is 0 Å². The van der Waals surface area contributed by atoms with Crippen molar-refractivity contribution < 1.29 is 5.11 Å². The molecule has 0 aromatic carbocycles. The minimum atomic E-state index is -0.0955. The summed E-state index contributed by atoms with van der Waals surface area (Å²) < 4.78 is 0. The second-order valence-corrected chi connectivity index (χ2v) is 9.48. The Hall–Kier alpha value is -0.0400. The van der Waals surface area contributed by atoms with Crippen LogP contribution in [0, 0.1) is 5.92 Å². The highest BCUT2D eigenvalue weighted by molar-refractivity contribution is 4.51. The molecule has 0 saturated heterocycles. The molecule has 1 N–H and O–H groups in total. The highest BCUT2D eigenvalue weighted by atomic mass is 16.3. The van der Waals surface area contributed by atoms with Gasteiger partial charge in [0.2, 0.25) is 0 Å². The fraction of sp³-hybridized carbons (Fsp3) is 1.00. The van der Waals surface area contributed by atoms with Crippen LogP contribution in [-0.4, -0.2) is 11.2 Å². The Morgan fingerprint density at radius 2 is 0.714 bits per heavy atom. The second kappa shape index (κ2) is 27.0. The molecule has 1 nitrogen and oxygen atoms in total. The molecule has 0 heterocycles. The van der Waals surface area contributed by atoms with Crippen LogP contribution in [0.5, 0.6) is 0 Å². The van der Waals surface area contributed by atoms with E-state index in [1.807, 2.05) is 6.92 Å². The predicted octanol–water partition coefficient (Wildman–Crippen LogP) is 9.85. The van der Waals surface area contributed by atoms with E-state index in [2.05, 4.69) is 27.7 Å². The van der Waals surface area contributed by atoms with Crippen molar-refractivity contribution in [1.29, 1.82) is 0 Å². The first kappa shape index (κ1) is 30.2. The lowest BCUT2D eigenvalue weighted by Crippen LogP contribution is -1.97. The first-order chi connectivity index (χ1) is 13.5. The third-order valence-corrected chi connectivity index (χ3v) is 5.61. The molecular weight excluding hydrogens is 340 g/mol. The number of hydrogen-bond donors (Lipinski definition) is 1. The summed E-state index contributed by atoms with van der Waals surface area (Å²) in [7, 11) is 0. The molecule has 0 amide bonds. The summed E-state index contributed by atoms with van der Waals surface area (Å²) in [6, 6.07) is 0. The second-order valence-electron chi connectivity index (χ2n) is 9.48. The fourth-order valence-corrected chi connectivity index (χ4v) is 3.61. The first-order valence-corrected chi connectivity index (χ1v) is 13.2. The summed E-state index contributed by atoms with van der Waals surface area (Å²) in [5, 5.41) is 8.85. The molecule has 0 rings (SSSR count). The van der Waals surface area contributed by atoms with Gasteiger partial charge in [-0.3, -0.25) is 0 Å². The quantitative estimate of drug-likeness (QED) is 0.202. The van der Waals surface area contributed by atoms with Gasteiger partial charge >= 0.3 is 0 Å². The van der Waals surface area contributed by atoms with Crippen molar-refractivity contribution in [3.8, 4) is 0 Å². The van der Waals surface area contributed by atoms with Crippen LogP contribution in [0.1, 0.15) is 163 Å². The molecule has 0 saturated carbocycles. The van der Waals surface area contributed by atoms with Crippen LogP contribution in [-0.2, 0) is 0 Å². The van der Waals surface area contributed by atoms with Gasteiger partial charge in [0.05, 0.1) is 6.10 Å². The van der Waals surface area contributed by atoms with Gasteiger partial charge in [-0.15, -0.1) is 0 Å². The predicted molar refractivity (Wildman–Crippen MR) is 130 cm³/mol. The molecule has 0 aromatic heterocycles. The molecule has 0 bridgehead atoms. The van der Waals surface area contributed by atoms with Crippen LogP contribution in [0.3, 0.4) is 0 Å². The van der Waals surface area contributed by atoms with Crippen LogP contribution in [0.4, 0.5) is 0 Å². The smallest absolute Gasteiger partial charge is 0.0512 e. The van der Waals surface area contributed by atoms with Gasteiger partial charge in [0.15, 0.2) is 0 Å². The number of unbranched alkanes of at least 4 members (excludes halogenated alkanes) is 16. The van der Waals surface area contributed by atoms with Gasteiger partial charge in [-0.05, 0) is 19.3 Å². The lowest BCUT2D eigenvalue weighted by atomic mass is 10.0. The van der Waals surface area contributed by atoms with Gasteiger partial charge in [-0.1, -0.05) is 150 Å². The molecule has 0 fully saturated rings. The highest BCUT2D eigenvalue weighted by Crippen LogP contribution is 2.14. The van der Waals surface area contributed by atoms with Crippen LogP contribution >= 0.6 is 0 Å². The Bertz CT molecular complexity index is 247. The molecule has 0 aliphatic carbocycles. The number of aliphatic hydroxyl groups is 1. The SMILES string of the molecule is CCCCCCC(C)O.CCCCCCCCCCCCCCCCC(C)C. The van der Waals surface area contributed by atoms with Crippen LogP contribution < -0.4 is 0 Å².